The molecule has 0 aromatic heterocycles. The molecule has 4 bridgehead atoms. The maximum absolute atomic E-state index is 5.90. The van der Waals surface area contributed by atoms with Crippen LogP contribution in [0.2, 0.25) is 0 Å². The number of hydrogen-bond acceptors (Lipinski definition) is 1. The molecule has 20 heavy (non-hydrogen) atoms. The van der Waals surface area contributed by atoms with Gasteiger partial charge >= 0.3 is 0 Å². The molecule has 0 N–H and O–H groups in total. The highest BCUT2D eigenvalue weighted by Gasteiger charge is 2.48. The topological polar surface area (TPSA) is 9.23 Å². The van der Waals surface area contributed by atoms with Crippen LogP contribution < -0.4 is 4.74 Å². The first-order chi connectivity index (χ1) is 9.69. The number of rotatable bonds is 3. The van der Waals surface area contributed by atoms with Crippen molar-refractivity contribution < 1.29 is 4.74 Å². The van der Waals surface area contributed by atoms with Gasteiger partial charge in [0.1, 0.15) is 5.75 Å². The second-order valence-electron chi connectivity index (χ2n) is 7.70. The molecule has 1 heteroatoms. The molecule has 4 aliphatic rings. The molecule has 4 saturated carbocycles. The highest BCUT2D eigenvalue weighted by atomic mass is 16.5. The van der Waals surface area contributed by atoms with Crippen LogP contribution in [0, 0.1) is 23.7 Å². The predicted molar refractivity (Wildman–Crippen MR) is 82.0 cm³/mol. The summed E-state index contributed by atoms with van der Waals surface area (Å²) in [5.74, 6) is 5.92. The molecule has 5 rings (SSSR count). The molecule has 0 saturated heterocycles. The smallest absolute Gasteiger partial charge is 0.119 e. The summed E-state index contributed by atoms with van der Waals surface area (Å²) in [6.45, 7) is 4.21. The fraction of sp³-hybridized carbons (Fsp3) is 0.684. The van der Waals surface area contributed by atoms with Gasteiger partial charge in [-0.3, -0.25) is 0 Å². The summed E-state index contributed by atoms with van der Waals surface area (Å²) in [7, 11) is 0. The normalized spacial score (nSPS) is 38.5. The van der Waals surface area contributed by atoms with E-state index in [9.17, 15) is 0 Å². The lowest BCUT2D eigenvalue weighted by Gasteiger charge is -2.54. The van der Waals surface area contributed by atoms with Crippen LogP contribution in [0.15, 0.2) is 24.3 Å². The van der Waals surface area contributed by atoms with Crippen molar-refractivity contribution >= 4 is 0 Å². The van der Waals surface area contributed by atoms with E-state index in [4.69, 9.17) is 4.74 Å². The van der Waals surface area contributed by atoms with Gasteiger partial charge in [0.05, 0.1) is 6.10 Å². The third kappa shape index (κ3) is 2.16. The summed E-state index contributed by atoms with van der Waals surface area (Å²) in [5, 5.41) is 0. The Hall–Kier alpha value is -0.980. The molecule has 0 aliphatic heterocycles. The first-order valence-corrected chi connectivity index (χ1v) is 8.45. The Labute approximate surface area is 122 Å². The maximum atomic E-state index is 5.90. The molecule has 0 spiro atoms. The standard InChI is InChI=1S/C19H26O/c1-12(2)20-18-5-3-4-15(11-18)19-16-7-13-6-14(9-16)10-17(19)8-13/h3-5,11-14,16-17,19H,6-10H2,1-2H3. The largest absolute Gasteiger partial charge is 0.491 e. The molecule has 1 aromatic carbocycles. The third-order valence-electron chi connectivity index (χ3n) is 5.84. The van der Waals surface area contributed by atoms with Gasteiger partial charge in [-0.2, -0.15) is 0 Å². The lowest BCUT2D eigenvalue weighted by atomic mass is 9.51. The molecule has 4 fully saturated rings. The second kappa shape index (κ2) is 4.79. The Kier molecular flexibility index (Phi) is 3.05. The Morgan fingerprint density at radius 2 is 1.60 bits per heavy atom. The zero-order valence-corrected chi connectivity index (χ0v) is 12.7. The van der Waals surface area contributed by atoms with E-state index in [1.807, 2.05) is 0 Å². The highest BCUT2D eigenvalue weighted by molar-refractivity contribution is 5.33. The van der Waals surface area contributed by atoms with Gasteiger partial charge in [-0.05, 0) is 93.2 Å². The summed E-state index contributed by atoms with van der Waals surface area (Å²) in [6.07, 6.45) is 7.78. The van der Waals surface area contributed by atoms with Gasteiger partial charge in [0, 0.05) is 0 Å². The quantitative estimate of drug-likeness (QED) is 0.750. The fourth-order valence-corrected chi connectivity index (χ4v) is 5.54. The molecule has 0 radical (unpaired) electrons. The molecule has 1 aromatic rings. The number of benzene rings is 1. The molecule has 108 valence electrons. The monoisotopic (exact) mass is 270 g/mol. The maximum Gasteiger partial charge on any atom is 0.119 e. The molecule has 0 heterocycles. The third-order valence-corrected chi connectivity index (χ3v) is 5.84. The van der Waals surface area contributed by atoms with Gasteiger partial charge in [-0.1, -0.05) is 12.1 Å². The first-order valence-electron chi connectivity index (χ1n) is 8.45. The molecule has 0 unspecified atom stereocenters. The summed E-state index contributed by atoms with van der Waals surface area (Å²) in [4.78, 5) is 0. The summed E-state index contributed by atoms with van der Waals surface area (Å²) >= 11 is 0. The van der Waals surface area contributed by atoms with E-state index in [1.165, 1.54) is 32.1 Å². The van der Waals surface area contributed by atoms with Crippen LogP contribution in [0.25, 0.3) is 0 Å². The van der Waals surface area contributed by atoms with E-state index in [0.29, 0.717) is 0 Å². The zero-order chi connectivity index (χ0) is 13.7. The molecule has 0 atom stereocenters. The zero-order valence-electron chi connectivity index (χ0n) is 12.7. The van der Waals surface area contributed by atoms with E-state index < -0.39 is 0 Å². The minimum atomic E-state index is 0.267. The lowest BCUT2D eigenvalue weighted by Crippen LogP contribution is -2.43. The van der Waals surface area contributed by atoms with Crippen molar-refractivity contribution in [1.82, 2.24) is 0 Å². The van der Waals surface area contributed by atoms with E-state index in [2.05, 4.69) is 38.1 Å². The van der Waals surface area contributed by atoms with E-state index >= 15 is 0 Å². The number of ether oxygens (including phenoxy) is 1. The molecule has 1 nitrogen and oxygen atoms in total. The van der Waals surface area contributed by atoms with Crippen LogP contribution in [0.5, 0.6) is 5.75 Å². The molecule has 0 amide bonds. The van der Waals surface area contributed by atoms with Crippen LogP contribution >= 0.6 is 0 Å². The van der Waals surface area contributed by atoms with Crippen LogP contribution in [0.1, 0.15) is 57.4 Å². The van der Waals surface area contributed by atoms with Crippen molar-refractivity contribution in [3.8, 4) is 5.75 Å². The van der Waals surface area contributed by atoms with E-state index in [0.717, 1.165) is 35.3 Å². The van der Waals surface area contributed by atoms with Crippen molar-refractivity contribution in [2.45, 2.75) is 58.0 Å². The van der Waals surface area contributed by atoms with Crippen LogP contribution in [-0.4, -0.2) is 6.10 Å². The average Bonchev–Trinajstić information content (AvgIpc) is 2.37. The van der Waals surface area contributed by atoms with Crippen molar-refractivity contribution in [1.29, 1.82) is 0 Å². The second-order valence-corrected chi connectivity index (χ2v) is 7.70. The average molecular weight is 270 g/mol. The fourth-order valence-electron chi connectivity index (χ4n) is 5.54. The van der Waals surface area contributed by atoms with Crippen molar-refractivity contribution in [3.63, 3.8) is 0 Å². The van der Waals surface area contributed by atoms with Gasteiger partial charge in [0.25, 0.3) is 0 Å². The predicted octanol–water partition coefficient (Wildman–Crippen LogP) is 5.01. The Balaban J connectivity index is 1.61. The van der Waals surface area contributed by atoms with Crippen molar-refractivity contribution in [3.05, 3.63) is 29.8 Å². The number of hydrogen-bond donors (Lipinski definition) is 0. The summed E-state index contributed by atoms with van der Waals surface area (Å²) in [6, 6.07) is 8.98. The van der Waals surface area contributed by atoms with Gasteiger partial charge in [0.2, 0.25) is 0 Å². The van der Waals surface area contributed by atoms with E-state index in [1.54, 1.807) is 5.56 Å². The molecular formula is C19H26O. The van der Waals surface area contributed by atoms with Crippen molar-refractivity contribution in [2.24, 2.45) is 23.7 Å². The minimum Gasteiger partial charge on any atom is -0.491 e. The Morgan fingerprint density at radius 1 is 0.950 bits per heavy atom. The summed E-state index contributed by atoms with van der Waals surface area (Å²) in [5.41, 5.74) is 1.55. The summed E-state index contributed by atoms with van der Waals surface area (Å²) < 4.78 is 5.90. The van der Waals surface area contributed by atoms with Gasteiger partial charge in [-0.25, -0.2) is 0 Å². The van der Waals surface area contributed by atoms with Crippen LogP contribution in [-0.2, 0) is 0 Å². The Bertz CT molecular complexity index is 462. The first kappa shape index (κ1) is 12.7. The van der Waals surface area contributed by atoms with Crippen molar-refractivity contribution in [2.75, 3.05) is 0 Å². The molecule has 4 aliphatic carbocycles. The molecular weight excluding hydrogens is 244 g/mol. The lowest BCUT2D eigenvalue weighted by molar-refractivity contribution is -0.00285. The SMILES string of the molecule is CC(C)Oc1cccc(C2C3CC4CC(C3)CC2C4)c1. The van der Waals surface area contributed by atoms with Gasteiger partial charge in [-0.15, -0.1) is 0 Å². The minimum absolute atomic E-state index is 0.267. The van der Waals surface area contributed by atoms with Crippen LogP contribution in [0.3, 0.4) is 0 Å². The highest BCUT2D eigenvalue weighted by Crippen LogP contribution is 2.59. The van der Waals surface area contributed by atoms with E-state index in [-0.39, 0.29) is 6.10 Å². The Morgan fingerprint density at radius 3 is 2.20 bits per heavy atom. The van der Waals surface area contributed by atoms with Gasteiger partial charge < -0.3 is 4.74 Å². The van der Waals surface area contributed by atoms with Gasteiger partial charge in [0.15, 0.2) is 0 Å². The van der Waals surface area contributed by atoms with Crippen LogP contribution in [0.4, 0.5) is 0 Å².